The summed E-state index contributed by atoms with van der Waals surface area (Å²) in [5.74, 6) is -0.463. The number of hydrogen-bond acceptors (Lipinski definition) is 5. The van der Waals surface area contributed by atoms with Crippen LogP contribution in [-0.2, 0) is 4.74 Å². The molecule has 1 atom stereocenters. The Morgan fingerprint density at radius 3 is 2.77 bits per heavy atom. The predicted molar refractivity (Wildman–Crippen MR) is 117 cm³/mol. The van der Waals surface area contributed by atoms with Crippen molar-refractivity contribution in [2.24, 2.45) is 5.92 Å². The van der Waals surface area contributed by atoms with Crippen LogP contribution >= 0.6 is 11.6 Å². The van der Waals surface area contributed by atoms with Crippen molar-refractivity contribution in [3.05, 3.63) is 45.2 Å². The largest absolute Gasteiger partial charge is 0.491 e. The summed E-state index contributed by atoms with van der Waals surface area (Å²) in [4.78, 5) is 26.0. The van der Waals surface area contributed by atoms with Crippen molar-refractivity contribution in [2.75, 3.05) is 38.8 Å². The van der Waals surface area contributed by atoms with Crippen molar-refractivity contribution in [3.8, 4) is 17.0 Å². The van der Waals surface area contributed by atoms with Crippen LogP contribution in [0.2, 0.25) is 5.02 Å². The molecule has 1 aliphatic rings. The van der Waals surface area contributed by atoms with Crippen LogP contribution in [0.5, 0.6) is 5.75 Å². The molecule has 0 spiro atoms. The van der Waals surface area contributed by atoms with Crippen LogP contribution in [0.25, 0.3) is 11.3 Å². The molecule has 0 aliphatic carbocycles. The van der Waals surface area contributed by atoms with Gasteiger partial charge in [0.25, 0.3) is 0 Å². The van der Waals surface area contributed by atoms with Crippen LogP contribution in [0.15, 0.2) is 29.2 Å². The molecular weight excluding hydrogens is 408 g/mol. The van der Waals surface area contributed by atoms with E-state index in [1.165, 1.54) is 12.3 Å². The third-order valence-electron chi connectivity index (χ3n) is 5.42. The minimum atomic E-state index is -1.24. The van der Waals surface area contributed by atoms with E-state index in [1.54, 1.807) is 13.2 Å². The molecule has 1 aromatic carbocycles. The fraction of sp³-hybridized carbons (Fsp3) is 0.455. The van der Waals surface area contributed by atoms with E-state index in [1.807, 2.05) is 36.4 Å². The van der Waals surface area contributed by atoms with Crippen LogP contribution < -0.4 is 15.1 Å². The van der Waals surface area contributed by atoms with E-state index in [4.69, 9.17) is 21.1 Å². The minimum Gasteiger partial charge on any atom is -0.491 e. The molecule has 0 saturated carbocycles. The van der Waals surface area contributed by atoms with Crippen molar-refractivity contribution in [1.29, 1.82) is 0 Å². The maximum atomic E-state index is 12.4. The van der Waals surface area contributed by atoms with Crippen LogP contribution in [-0.4, -0.2) is 49.6 Å². The molecule has 1 aromatic heterocycles. The Morgan fingerprint density at radius 1 is 1.40 bits per heavy atom. The zero-order valence-corrected chi connectivity index (χ0v) is 18.4. The van der Waals surface area contributed by atoms with Gasteiger partial charge in [-0.2, -0.15) is 0 Å². The van der Waals surface area contributed by atoms with Crippen molar-refractivity contribution >= 4 is 23.3 Å². The molecule has 8 heteroatoms. The first-order valence-corrected chi connectivity index (χ1v) is 10.3. The lowest BCUT2D eigenvalue weighted by atomic mass is 10.0. The molecule has 0 saturated heterocycles. The summed E-state index contributed by atoms with van der Waals surface area (Å²) in [6.07, 6.45) is 2.27. The maximum Gasteiger partial charge on any atom is 0.341 e. The molecule has 0 fully saturated rings. The Kier molecular flexibility index (Phi) is 6.73. The standard InChI is InChI=1S/C22H27ClN2O5/c1-13(2)19-12-30-21-10-18(24(3)6-5-7-29-4)16(23)8-14(21)17-9-20(26)15(22(27)28)11-25(17)19/h8-11,13,19H,5-7,12H2,1-4H3,(H,27,28)/t19-/m0/s1. The molecule has 1 aliphatic heterocycles. The molecule has 0 unspecified atom stereocenters. The van der Waals surface area contributed by atoms with Gasteiger partial charge in [0.05, 0.1) is 22.4 Å². The van der Waals surface area contributed by atoms with Crippen molar-refractivity contribution < 1.29 is 19.4 Å². The summed E-state index contributed by atoms with van der Waals surface area (Å²) in [7, 11) is 3.62. The number of carbonyl (C=O) groups is 1. The van der Waals surface area contributed by atoms with E-state index in [0.717, 1.165) is 18.7 Å². The molecule has 162 valence electrons. The van der Waals surface area contributed by atoms with Gasteiger partial charge in [-0.15, -0.1) is 0 Å². The number of aromatic nitrogens is 1. The highest BCUT2D eigenvalue weighted by Crippen LogP contribution is 2.42. The number of anilines is 1. The molecule has 0 amide bonds. The van der Waals surface area contributed by atoms with Gasteiger partial charge in [0.15, 0.2) is 5.43 Å². The zero-order chi connectivity index (χ0) is 22.0. The lowest BCUT2D eigenvalue weighted by Crippen LogP contribution is -2.25. The number of benzene rings is 1. The molecule has 0 bridgehead atoms. The normalized spacial score (nSPS) is 15.2. The van der Waals surface area contributed by atoms with Gasteiger partial charge in [0.2, 0.25) is 0 Å². The van der Waals surface area contributed by atoms with Gasteiger partial charge in [-0.3, -0.25) is 4.79 Å². The lowest BCUT2D eigenvalue weighted by Gasteiger charge is -2.24. The third-order valence-corrected chi connectivity index (χ3v) is 5.73. The highest BCUT2D eigenvalue weighted by Gasteiger charge is 2.28. The number of nitrogens with zero attached hydrogens (tertiary/aromatic N) is 2. The SMILES string of the molecule is COCCCN(C)c1cc2c(cc1Cl)-c1cc(=O)c(C(=O)O)cn1[C@H](C(C)C)CO2. The first-order valence-electron chi connectivity index (χ1n) is 9.90. The van der Waals surface area contributed by atoms with E-state index in [0.29, 0.717) is 35.2 Å². The summed E-state index contributed by atoms with van der Waals surface area (Å²) < 4.78 is 13.1. The predicted octanol–water partition coefficient (Wildman–Crippen LogP) is 3.93. The van der Waals surface area contributed by atoms with Crippen LogP contribution in [0, 0.1) is 5.92 Å². The van der Waals surface area contributed by atoms with E-state index >= 15 is 0 Å². The number of methoxy groups -OCH3 is 1. The highest BCUT2D eigenvalue weighted by atomic mass is 35.5. The first kappa shape index (κ1) is 22.2. The first-order chi connectivity index (χ1) is 14.2. The third kappa shape index (κ3) is 4.32. The van der Waals surface area contributed by atoms with Gasteiger partial charge in [-0.05, 0) is 18.4 Å². The Labute approximate surface area is 180 Å². The average Bonchev–Trinajstić information content (AvgIpc) is 2.83. The second-order valence-electron chi connectivity index (χ2n) is 7.84. The Morgan fingerprint density at radius 2 is 2.13 bits per heavy atom. The van der Waals surface area contributed by atoms with Gasteiger partial charge in [-0.1, -0.05) is 25.4 Å². The number of rotatable bonds is 7. The summed E-state index contributed by atoms with van der Waals surface area (Å²) >= 11 is 6.60. The number of aromatic carboxylic acids is 1. The molecule has 0 radical (unpaired) electrons. The number of hydrogen-bond donors (Lipinski definition) is 1. The topological polar surface area (TPSA) is 81.0 Å². The highest BCUT2D eigenvalue weighted by molar-refractivity contribution is 6.33. The Balaban J connectivity index is 2.13. The average molecular weight is 435 g/mol. The summed E-state index contributed by atoms with van der Waals surface area (Å²) in [5.41, 5.74) is 1.30. The molecule has 7 nitrogen and oxygen atoms in total. The number of fused-ring (bicyclic) bond motifs is 3. The van der Waals surface area contributed by atoms with E-state index in [2.05, 4.69) is 0 Å². The number of halogens is 1. The second kappa shape index (κ2) is 9.10. The maximum absolute atomic E-state index is 12.4. The van der Waals surface area contributed by atoms with Crippen molar-refractivity contribution in [1.82, 2.24) is 4.57 Å². The Hall–Kier alpha value is -2.51. The monoisotopic (exact) mass is 434 g/mol. The molecular formula is C22H27ClN2O5. The molecule has 1 N–H and O–H groups in total. The van der Waals surface area contributed by atoms with E-state index in [-0.39, 0.29) is 17.5 Å². The van der Waals surface area contributed by atoms with Crippen LogP contribution in [0.4, 0.5) is 5.69 Å². The number of carboxylic acids is 1. The molecule has 2 aromatic rings. The lowest BCUT2D eigenvalue weighted by molar-refractivity contribution is 0.0694. The smallest absolute Gasteiger partial charge is 0.341 e. The van der Waals surface area contributed by atoms with Gasteiger partial charge >= 0.3 is 5.97 Å². The van der Waals surface area contributed by atoms with Gasteiger partial charge in [0.1, 0.15) is 17.9 Å². The van der Waals surface area contributed by atoms with E-state index in [9.17, 15) is 14.7 Å². The number of pyridine rings is 1. The fourth-order valence-corrected chi connectivity index (χ4v) is 4.00. The van der Waals surface area contributed by atoms with Crippen LogP contribution in [0.1, 0.15) is 36.7 Å². The van der Waals surface area contributed by atoms with Gasteiger partial charge in [0, 0.05) is 51.2 Å². The van der Waals surface area contributed by atoms with Crippen LogP contribution in [0.3, 0.4) is 0 Å². The Bertz CT molecular complexity index is 1000. The van der Waals surface area contributed by atoms with Gasteiger partial charge in [-0.25, -0.2) is 4.79 Å². The summed E-state index contributed by atoms with van der Waals surface area (Å²) in [6.45, 7) is 5.84. The van der Waals surface area contributed by atoms with Gasteiger partial charge < -0.3 is 24.0 Å². The zero-order valence-electron chi connectivity index (χ0n) is 17.6. The van der Waals surface area contributed by atoms with Crippen molar-refractivity contribution in [3.63, 3.8) is 0 Å². The second-order valence-corrected chi connectivity index (χ2v) is 8.25. The number of carboxylic acid groups (broad SMARTS) is 1. The summed E-state index contributed by atoms with van der Waals surface area (Å²) in [6, 6.07) is 4.90. The summed E-state index contributed by atoms with van der Waals surface area (Å²) in [5, 5.41) is 9.94. The minimum absolute atomic E-state index is 0.132. The fourth-order valence-electron chi connectivity index (χ4n) is 3.69. The molecule has 30 heavy (non-hydrogen) atoms. The number of ether oxygens (including phenoxy) is 2. The van der Waals surface area contributed by atoms with E-state index < -0.39 is 11.4 Å². The quantitative estimate of drug-likeness (QED) is 0.665. The molecule has 3 rings (SSSR count). The molecule has 2 heterocycles. The van der Waals surface area contributed by atoms with Crippen molar-refractivity contribution in [2.45, 2.75) is 26.3 Å².